The number of nitrogens with one attached hydrogen (secondary N) is 1. The number of carbonyl (C=O) groups is 2. The molecule has 10 nitrogen and oxygen atoms in total. The van der Waals surface area contributed by atoms with Gasteiger partial charge < -0.3 is 10.2 Å². The number of nitrogens with zero attached hydrogens (tertiary/aromatic N) is 3. The van der Waals surface area contributed by atoms with Crippen molar-refractivity contribution in [3.63, 3.8) is 0 Å². The minimum Gasteiger partial charge on any atom is -0.352 e. The molecule has 39 heavy (non-hydrogen) atoms. The number of hydrogen-bond acceptors (Lipinski definition) is 6. The summed E-state index contributed by atoms with van der Waals surface area (Å²) < 4.78 is 28.3. The van der Waals surface area contributed by atoms with Crippen LogP contribution in [0.25, 0.3) is 0 Å². The van der Waals surface area contributed by atoms with Crippen LogP contribution in [0.5, 0.6) is 0 Å². The van der Waals surface area contributed by atoms with Crippen LogP contribution in [0, 0.1) is 10.1 Å². The van der Waals surface area contributed by atoms with E-state index in [0.717, 1.165) is 16.4 Å². The summed E-state index contributed by atoms with van der Waals surface area (Å²) in [6, 6.07) is 18.0. The number of halogens is 1. The molecule has 12 heteroatoms. The van der Waals surface area contributed by atoms with Crippen LogP contribution in [-0.2, 0) is 26.2 Å². The van der Waals surface area contributed by atoms with E-state index in [1.807, 2.05) is 0 Å². The number of amides is 2. The summed E-state index contributed by atoms with van der Waals surface area (Å²) in [5.41, 5.74) is 0.469. The zero-order valence-electron chi connectivity index (χ0n) is 21.7. The Kier molecular flexibility index (Phi) is 9.66. The van der Waals surface area contributed by atoms with Crippen molar-refractivity contribution in [2.45, 2.75) is 44.3 Å². The molecule has 206 valence electrons. The summed E-state index contributed by atoms with van der Waals surface area (Å²) in [4.78, 5) is 38.5. The second-order valence-electron chi connectivity index (χ2n) is 9.09. The summed E-state index contributed by atoms with van der Waals surface area (Å²) in [5, 5.41) is 14.4. The fraction of sp³-hybridized carbons (Fsp3) is 0.259. The van der Waals surface area contributed by atoms with Gasteiger partial charge in [0.2, 0.25) is 11.8 Å². The van der Waals surface area contributed by atoms with E-state index < -0.39 is 39.3 Å². The number of non-ortho nitro benzene ring substituents is 1. The molecular weight excluding hydrogens is 544 g/mol. The van der Waals surface area contributed by atoms with Gasteiger partial charge in [-0.1, -0.05) is 41.9 Å². The Morgan fingerprint density at radius 3 is 2.18 bits per heavy atom. The van der Waals surface area contributed by atoms with Crippen LogP contribution in [0.3, 0.4) is 0 Å². The van der Waals surface area contributed by atoms with Gasteiger partial charge in [0, 0.05) is 29.7 Å². The number of anilines is 1. The summed E-state index contributed by atoms with van der Waals surface area (Å²) in [6.07, 6.45) is 0. The maximum absolute atomic E-state index is 13.8. The van der Waals surface area contributed by atoms with Crippen molar-refractivity contribution in [2.24, 2.45) is 0 Å². The first kappa shape index (κ1) is 29.6. The molecule has 0 radical (unpaired) electrons. The second kappa shape index (κ2) is 12.7. The van der Waals surface area contributed by atoms with Crippen LogP contribution in [-0.4, -0.2) is 48.7 Å². The lowest BCUT2D eigenvalue weighted by Crippen LogP contribution is -2.52. The number of nitro groups is 1. The SMILES string of the molecule is CC(C)NC(=O)[C@@H](C)N(Cc1cccc(Cl)c1)C(=O)CN(c1ccc([N+](=O)[O-])cc1)S(=O)(=O)c1ccccc1. The number of sulfonamides is 1. The van der Waals surface area contributed by atoms with E-state index in [4.69, 9.17) is 11.6 Å². The Balaban J connectivity index is 2.04. The third-order valence-corrected chi connectivity index (χ3v) is 7.82. The smallest absolute Gasteiger partial charge is 0.269 e. The lowest BCUT2D eigenvalue weighted by molar-refractivity contribution is -0.384. The summed E-state index contributed by atoms with van der Waals surface area (Å²) >= 11 is 6.13. The molecule has 0 saturated carbocycles. The topological polar surface area (TPSA) is 130 Å². The van der Waals surface area contributed by atoms with E-state index in [1.165, 1.54) is 29.2 Å². The standard InChI is InChI=1S/C27H29ClN4O6S/c1-19(2)29-27(34)20(3)30(17-21-8-7-9-22(28)16-21)26(33)18-31(23-12-14-24(15-13-23)32(35)36)39(37,38)25-10-5-4-6-11-25/h4-16,19-20H,17-18H2,1-3H3,(H,29,34)/t20-/m1/s1. The molecule has 0 fully saturated rings. The van der Waals surface area contributed by atoms with Crippen molar-refractivity contribution >= 4 is 44.8 Å². The van der Waals surface area contributed by atoms with Crippen LogP contribution in [0.4, 0.5) is 11.4 Å². The average molecular weight is 573 g/mol. The number of hydrogen-bond donors (Lipinski definition) is 1. The predicted octanol–water partition coefficient (Wildman–Crippen LogP) is 4.39. The molecule has 0 aliphatic rings. The molecule has 0 spiro atoms. The lowest BCUT2D eigenvalue weighted by atomic mass is 10.1. The number of carbonyl (C=O) groups excluding carboxylic acids is 2. The Labute approximate surface area is 232 Å². The monoisotopic (exact) mass is 572 g/mol. The molecule has 1 N–H and O–H groups in total. The van der Waals surface area contributed by atoms with E-state index in [-0.39, 0.29) is 28.9 Å². The van der Waals surface area contributed by atoms with Gasteiger partial charge in [-0.3, -0.25) is 24.0 Å². The van der Waals surface area contributed by atoms with Crippen LogP contribution < -0.4 is 9.62 Å². The van der Waals surface area contributed by atoms with Gasteiger partial charge in [-0.25, -0.2) is 8.42 Å². The Morgan fingerprint density at radius 1 is 0.974 bits per heavy atom. The maximum Gasteiger partial charge on any atom is 0.269 e. The van der Waals surface area contributed by atoms with Gasteiger partial charge in [0.25, 0.3) is 15.7 Å². The maximum atomic E-state index is 13.8. The van der Waals surface area contributed by atoms with E-state index in [0.29, 0.717) is 10.6 Å². The van der Waals surface area contributed by atoms with Gasteiger partial charge in [-0.2, -0.15) is 0 Å². The summed E-state index contributed by atoms with van der Waals surface area (Å²) in [6.45, 7) is 4.47. The zero-order chi connectivity index (χ0) is 28.7. The van der Waals surface area contributed by atoms with Gasteiger partial charge >= 0.3 is 0 Å². The minimum absolute atomic E-state index is 0.00837. The fourth-order valence-corrected chi connectivity index (χ4v) is 5.46. The fourth-order valence-electron chi connectivity index (χ4n) is 3.81. The highest BCUT2D eigenvalue weighted by Gasteiger charge is 2.32. The van der Waals surface area contributed by atoms with Crippen LogP contribution >= 0.6 is 11.6 Å². The van der Waals surface area contributed by atoms with Crippen LogP contribution in [0.1, 0.15) is 26.3 Å². The minimum atomic E-state index is -4.27. The number of benzene rings is 3. The lowest BCUT2D eigenvalue weighted by Gasteiger charge is -2.32. The first-order valence-electron chi connectivity index (χ1n) is 12.1. The van der Waals surface area contributed by atoms with Gasteiger partial charge in [-0.15, -0.1) is 0 Å². The van der Waals surface area contributed by atoms with Gasteiger partial charge in [0.1, 0.15) is 12.6 Å². The summed E-state index contributed by atoms with van der Waals surface area (Å²) in [5.74, 6) is -1.06. The molecule has 0 aromatic heterocycles. The predicted molar refractivity (Wildman–Crippen MR) is 149 cm³/mol. The molecule has 0 heterocycles. The number of nitro benzene ring substituents is 1. The van der Waals surface area contributed by atoms with Crippen molar-refractivity contribution in [1.82, 2.24) is 10.2 Å². The average Bonchev–Trinajstić information content (AvgIpc) is 2.90. The van der Waals surface area contributed by atoms with Gasteiger partial charge in [-0.05, 0) is 62.7 Å². The van der Waals surface area contributed by atoms with E-state index in [1.54, 1.807) is 63.2 Å². The van der Waals surface area contributed by atoms with E-state index in [9.17, 15) is 28.1 Å². The number of rotatable bonds is 11. The molecule has 3 rings (SSSR count). The van der Waals surface area contributed by atoms with E-state index >= 15 is 0 Å². The second-order valence-corrected chi connectivity index (χ2v) is 11.4. The molecule has 1 atom stereocenters. The normalized spacial score (nSPS) is 12.0. The zero-order valence-corrected chi connectivity index (χ0v) is 23.2. The summed E-state index contributed by atoms with van der Waals surface area (Å²) in [7, 11) is -4.27. The van der Waals surface area contributed by atoms with Crippen LogP contribution in [0.2, 0.25) is 5.02 Å². The molecule has 2 amide bonds. The molecule has 0 unspecified atom stereocenters. The van der Waals surface area contributed by atoms with Crippen molar-refractivity contribution in [3.05, 3.63) is 99.6 Å². The van der Waals surface area contributed by atoms with Crippen molar-refractivity contribution in [3.8, 4) is 0 Å². The molecule has 0 aliphatic heterocycles. The first-order valence-corrected chi connectivity index (χ1v) is 13.9. The molecule has 0 bridgehead atoms. The molecule has 0 aliphatic carbocycles. The Morgan fingerprint density at radius 2 is 1.62 bits per heavy atom. The third-order valence-electron chi connectivity index (χ3n) is 5.80. The highest BCUT2D eigenvalue weighted by atomic mass is 35.5. The highest BCUT2D eigenvalue weighted by molar-refractivity contribution is 7.92. The van der Waals surface area contributed by atoms with Crippen LogP contribution in [0.15, 0.2) is 83.8 Å². The Hall–Kier alpha value is -3.96. The Bertz CT molecular complexity index is 1430. The van der Waals surface area contributed by atoms with Gasteiger partial charge in [0.05, 0.1) is 15.5 Å². The molecule has 3 aromatic rings. The van der Waals surface area contributed by atoms with Crippen molar-refractivity contribution in [1.29, 1.82) is 0 Å². The van der Waals surface area contributed by atoms with Crippen molar-refractivity contribution in [2.75, 3.05) is 10.8 Å². The first-order chi connectivity index (χ1) is 18.4. The molecule has 3 aromatic carbocycles. The molecular formula is C27H29ClN4O6S. The quantitative estimate of drug-likeness (QED) is 0.268. The molecule has 0 saturated heterocycles. The third kappa shape index (κ3) is 7.55. The highest BCUT2D eigenvalue weighted by Crippen LogP contribution is 2.26. The van der Waals surface area contributed by atoms with Gasteiger partial charge in [0.15, 0.2) is 0 Å². The van der Waals surface area contributed by atoms with Crippen molar-refractivity contribution < 1.29 is 22.9 Å². The largest absolute Gasteiger partial charge is 0.352 e. The van der Waals surface area contributed by atoms with E-state index in [2.05, 4.69) is 5.32 Å².